The van der Waals surface area contributed by atoms with Crippen LogP contribution in [0.15, 0.2) is 35.2 Å². The molecule has 1 aromatic rings. The van der Waals surface area contributed by atoms with E-state index in [0.29, 0.717) is 11.5 Å². The van der Waals surface area contributed by atoms with Gasteiger partial charge in [-0.3, -0.25) is 9.69 Å². The summed E-state index contributed by atoms with van der Waals surface area (Å²) in [5, 5.41) is 0. The molecule has 28 heavy (non-hydrogen) atoms. The number of ether oxygens (including phenoxy) is 1. The minimum absolute atomic E-state index is 0.0430. The second kappa shape index (κ2) is 9.80. The van der Waals surface area contributed by atoms with Gasteiger partial charge in [0.25, 0.3) is 0 Å². The molecule has 1 amide bonds. The molecule has 0 spiro atoms. The van der Waals surface area contributed by atoms with Gasteiger partial charge in [-0.1, -0.05) is 12.1 Å². The summed E-state index contributed by atoms with van der Waals surface area (Å²) in [7, 11) is 0. The summed E-state index contributed by atoms with van der Waals surface area (Å²) < 4.78 is 42.4. The highest BCUT2D eigenvalue weighted by Gasteiger charge is 2.29. The standard InChI is InChI=1S/C20H25F3N2O2S/c21-20(22,23)28-18-4-1-16(2-5-18)3-6-19(26)25-9-7-17(8-10-25)15-24-11-13-27-14-12-24/h1-6,17H,7-15H2/b6-3+. The Balaban J connectivity index is 1.43. The zero-order valence-electron chi connectivity index (χ0n) is 15.7. The van der Waals surface area contributed by atoms with E-state index in [9.17, 15) is 18.0 Å². The smallest absolute Gasteiger partial charge is 0.379 e. The van der Waals surface area contributed by atoms with Gasteiger partial charge in [0.2, 0.25) is 5.91 Å². The number of thioether (sulfide) groups is 1. The van der Waals surface area contributed by atoms with Gasteiger partial charge in [-0.15, -0.1) is 0 Å². The highest BCUT2D eigenvalue weighted by atomic mass is 32.2. The van der Waals surface area contributed by atoms with Gasteiger partial charge in [0, 0.05) is 43.7 Å². The predicted molar refractivity (Wildman–Crippen MR) is 104 cm³/mol. The Hall–Kier alpha value is -1.51. The molecule has 3 rings (SSSR count). The molecule has 2 fully saturated rings. The molecule has 0 aromatic heterocycles. The lowest BCUT2D eigenvalue weighted by Gasteiger charge is -2.35. The zero-order chi connectivity index (χ0) is 20.0. The van der Waals surface area contributed by atoms with Gasteiger partial charge >= 0.3 is 5.51 Å². The molecule has 1 aromatic carbocycles. The Morgan fingerprint density at radius 1 is 1.11 bits per heavy atom. The summed E-state index contributed by atoms with van der Waals surface area (Å²) in [4.78, 5) is 16.8. The molecule has 2 aliphatic heterocycles. The maximum Gasteiger partial charge on any atom is 0.446 e. The van der Waals surface area contributed by atoms with Gasteiger partial charge in [0.15, 0.2) is 0 Å². The molecule has 0 N–H and O–H groups in total. The molecule has 2 heterocycles. The predicted octanol–water partition coefficient (Wildman–Crippen LogP) is 3.88. The third kappa shape index (κ3) is 6.83. The summed E-state index contributed by atoms with van der Waals surface area (Å²) >= 11 is -0.141. The lowest BCUT2D eigenvalue weighted by Crippen LogP contribution is -2.43. The number of morpholine rings is 1. The number of halogens is 3. The van der Waals surface area contributed by atoms with Crippen molar-refractivity contribution in [2.75, 3.05) is 45.9 Å². The Morgan fingerprint density at radius 2 is 1.75 bits per heavy atom. The molecule has 0 bridgehead atoms. The monoisotopic (exact) mass is 414 g/mol. The van der Waals surface area contributed by atoms with Crippen molar-refractivity contribution < 1.29 is 22.7 Å². The van der Waals surface area contributed by atoms with Gasteiger partial charge in [-0.25, -0.2) is 0 Å². The molecule has 0 saturated carbocycles. The van der Waals surface area contributed by atoms with Crippen molar-refractivity contribution in [3.8, 4) is 0 Å². The van der Waals surface area contributed by atoms with Crippen LogP contribution in [-0.2, 0) is 9.53 Å². The topological polar surface area (TPSA) is 32.8 Å². The number of carbonyl (C=O) groups excluding carboxylic acids is 1. The maximum absolute atomic E-state index is 12.4. The second-order valence-electron chi connectivity index (χ2n) is 7.13. The Kier molecular flexibility index (Phi) is 7.42. The highest BCUT2D eigenvalue weighted by molar-refractivity contribution is 8.00. The van der Waals surface area contributed by atoms with Crippen LogP contribution in [0.2, 0.25) is 0 Å². The number of nitrogens with zero attached hydrogens (tertiary/aromatic N) is 2. The van der Waals surface area contributed by atoms with Crippen LogP contribution >= 0.6 is 11.8 Å². The van der Waals surface area contributed by atoms with E-state index in [-0.39, 0.29) is 22.6 Å². The molecule has 2 saturated heterocycles. The average molecular weight is 414 g/mol. The Morgan fingerprint density at radius 3 is 2.36 bits per heavy atom. The lowest BCUT2D eigenvalue weighted by atomic mass is 9.96. The minimum Gasteiger partial charge on any atom is -0.379 e. The molecule has 154 valence electrons. The van der Waals surface area contributed by atoms with Crippen molar-refractivity contribution in [1.82, 2.24) is 9.80 Å². The molecule has 0 aliphatic carbocycles. The lowest BCUT2D eigenvalue weighted by molar-refractivity contribution is -0.127. The van der Waals surface area contributed by atoms with Gasteiger partial charge in [0.05, 0.1) is 13.2 Å². The van der Waals surface area contributed by atoms with Crippen LogP contribution in [0.4, 0.5) is 13.2 Å². The highest BCUT2D eigenvalue weighted by Crippen LogP contribution is 2.36. The summed E-state index contributed by atoms with van der Waals surface area (Å²) in [5.74, 6) is 0.573. The third-order valence-corrected chi connectivity index (χ3v) is 5.82. The fourth-order valence-corrected chi connectivity index (χ4v) is 4.08. The Bertz CT molecular complexity index is 665. The van der Waals surface area contributed by atoms with Crippen LogP contribution in [0.1, 0.15) is 18.4 Å². The first-order chi connectivity index (χ1) is 13.4. The van der Waals surface area contributed by atoms with Crippen molar-refractivity contribution in [3.05, 3.63) is 35.9 Å². The van der Waals surface area contributed by atoms with Crippen LogP contribution < -0.4 is 0 Å². The largest absolute Gasteiger partial charge is 0.446 e. The van der Waals surface area contributed by atoms with E-state index >= 15 is 0 Å². The molecular weight excluding hydrogens is 389 g/mol. The second-order valence-corrected chi connectivity index (χ2v) is 8.27. The van der Waals surface area contributed by atoms with E-state index in [1.165, 1.54) is 18.2 Å². The SMILES string of the molecule is O=C(/C=C/c1ccc(SC(F)(F)F)cc1)N1CCC(CN2CCOCC2)CC1. The number of benzene rings is 1. The molecule has 8 heteroatoms. The quantitative estimate of drug-likeness (QED) is 0.541. The number of hydrogen-bond donors (Lipinski definition) is 0. The van der Waals surface area contributed by atoms with E-state index in [1.807, 2.05) is 4.90 Å². The summed E-state index contributed by atoms with van der Waals surface area (Å²) in [6, 6.07) is 6.01. The van der Waals surface area contributed by atoms with Crippen molar-refractivity contribution in [1.29, 1.82) is 0 Å². The van der Waals surface area contributed by atoms with Crippen LogP contribution in [-0.4, -0.2) is 67.2 Å². The van der Waals surface area contributed by atoms with Crippen LogP contribution in [0.25, 0.3) is 6.08 Å². The first-order valence-electron chi connectivity index (χ1n) is 9.52. The van der Waals surface area contributed by atoms with E-state index < -0.39 is 5.51 Å². The maximum atomic E-state index is 12.4. The van der Waals surface area contributed by atoms with Crippen molar-refractivity contribution in [3.63, 3.8) is 0 Å². The molecule has 2 aliphatic rings. The van der Waals surface area contributed by atoms with Crippen molar-refractivity contribution in [2.45, 2.75) is 23.2 Å². The summed E-state index contributed by atoms with van der Waals surface area (Å²) in [6.45, 7) is 6.16. The molecule has 0 atom stereocenters. The van der Waals surface area contributed by atoms with Gasteiger partial charge in [0.1, 0.15) is 0 Å². The van der Waals surface area contributed by atoms with E-state index in [0.717, 1.165) is 58.8 Å². The normalized spacial score (nSPS) is 20.0. The van der Waals surface area contributed by atoms with Crippen LogP contribution in [0.3, 0.4) is 0 Å². The average Bonchev–Trinajstić information content (AvgIpc) is 2.67. The van der Waals surface area contributed by atoms with Gasteiger partial charge < -0.3 is 9.64 Å². The fraction of sp³-hybridized carbons (Fsp3) is 0.550. The number of carbonyl (C=O) groups is 1. The molecule has 0 unspecified atom stereocenters. The number of likely N-dealkylation sites (tertiary alicyclic amines) is 1. The van der Waals surface area contributed by atoms with Crippen LogP contribution in [0, 0.1) is 5.92 Å². The number of alkyl halides is 3. The molecule has 0 radical (unpaired) electrons. The first kappa shape index (κ1) is 21.2. The number of piperidine rings is 1. The van der Waals surface area contributed by atoms with Gasteiger partial charge in [-0.05, 0) is 54.3 Å². The molecule has 4 nitrogen and oxygen atoms in total. The third-order valence-electron chi connectivity index (χ3n) is 5.08. The first-order valence-corrected chi connectivity index (χ1v) is 10.3. The van der Waals surface area contributed by atoms with Crippen molar-refractivity contribution in [2.24, 2.45) is 5.92 Å². The zero-order valence-corrected chi connectivity index (χ0v) is 16.5. The number of hydrogen-bond acceptors (Lipinski definition) is 4. The van der Waals surface area contributed by atoms with Gasteiger partial charge in [-0.2, -0.15) is 13.2 Å². The Labute approximate surface area is 167 Å². The van der Waals surface area contributed by atoms with E-state index in [4.69, 9.17) is 4.74 Å². The van der Waals surface area contributed by atoms with Crippen molar-refractivity contribution >= 4 is 23.7 Å². The molecular formula is C20H25F3N2O2S. The van der Waals surface area contributed by atoms with Crippen LogP contribution in [0.5, 0.6) is 0 Å². The number of amides is 1. The summed E-state index contributed by atoms with van der Waals surface area (Å²) in [5.41, 5.74) is -3.58. The minimum atomic E-state index is -4.29. The van der Waals surface area contributed by atoms with E-state index in [1.54, 1.807) is 18.2 Å². The summed E-state index contributed by atoms with van der Waals surface area (Å²) in [6.07, 6.45) is 5.17. The number of rotatable bonds is 5. The fourth-order valence-electron chi connectivity index (χ4n) is 3.54. The van der Waals surface area contributed by atoms with E-state index in [2.05, 4.69) is 4.90 Å².